The number of hydrogen-bond acceptors (Lipinski definition) is 4. The van der Waals surface area contributed by atoms with Crippen LogP contribution in [0.2, 0.25) is 0 Å². The highest BCUT2D eigenvalue weighted by atomic mass is 16.6. The van der Waals surface area contributed by atoms with Gasteiger partial charge in [0.05, 0.1) is 10.6 Å². The molecule has 1 N–H and O–H groups in total. The van der Waals surface area contributed by atoms with E-state index in [0.717, 1.165) is 37.0 Å². The standard InChI is InChI=1S/C19H21N3O3/c1-2-3-5-13-17(15-10-6-4-7-11-15)20-21-19(23)16-12-8-9-14-18(16)22(24)25/h4,6-12,14H,2-3,5,13H2,1H3,(H,21,23)/b20-17-. The largest absolute Gasteiger partial charge is 0.282 e. The van der Waals surface area contributed by atoms with Crippen LogP contribution in [0.3, 0.4) is 0 Å². The predicted molar refractivity (Wildman–Crippen MR) is 97.7 cm³/mol. The van der Waals surface area contributed by atoms with Crippen LogP contribution in [0.4, 0.5) is 5.69 Å². The number of nitrogens with zero attached hydrogens (tertiary/aromatic N) is 2. The van der Waals surface area contributed by atoms with Gasteiger partial charge in [-0.1, -0.05) is 62.2 Å². The lowest BCUT2D eigenvalue weighted by molar-refractivity contribution is -0.385. The summed E-state index contributed by atoms with van der Waals surface area (Å²) in [5, 5.41) is 15.3. The third-order valence-corrected chi connectivity index (χ3v) is 3.76. The van der Waals surface area contributed by atoms with Crippen LogP contribution >= 0.6 is 0 Å². The van der Waals surface area contributed by atoms with Crippen LogP contribution in [0.1, 0.15) is 48.5 Å². The van der Waals surface area contributed by atoms with Crippen LogP contribution in [0.25, 0.3) is 0 Å². The van der Waals surface area contributed by atoms with Crippen molar-refractivity contribution in [2.75, 3.05) is 0 Å². The van der Waals surface area contributed by atoms with E-state index in [0.29, 0.717) is 0 Å². The highest BCUT2D eigenvalue weighted by molar-refractivity contribution is 6.03. The fourth-order valence-electron chi connectivity index (χ4n) is 2.44. The Balaban J connectivity index is 2.20. The number of carbonyl (C=O) groups excluding carboxylic acids is 1. The van der Waals surface area contributed by atoms with E-state index in [1.54, 1.807) is 6.07 Å². The molecule has 2 aromatic rings. The summed E-state index contributed by atoms with van der Waals surface area (Å²) in [6, 6.07) is 15.4. The summed E-state index contributed by atoms with van der Waals surface area (Å²) in [5.74, 6) is -0.587. The van der Waals surface area contributed by atoms with Crippen LogP contribution in [0, 0.1) is 10.1 Å². The Kier molecular flexibility index (Phi) is 6.83. The molecule has 1 amide bonds. The van der Waals surface area contributed by atoms with Crippen LogP contribution in [0.5, 0.6) is 0 Å². The topological polar surface area (TPSA) is 84.6 Å². The van der Waals surface area contributed by atoms with Crippen LogP contribution in [-0.2, 0) is 0 Å². The van der Waals surface area contributed by atoms with Gasteiger partial charge in [-0.25, -0.2) is 5.43 Å². The molecule has 0 radical (unpaired) electrons. The number of hydrazone groups is 1. The number of nitrogens with one attached hydrogen (secondary N) is 1. The van der Waals surface area contributed by atoms with Crippen molar-refractivity contribution in [1.29, 1.82) is 0 Å². The second-order valence-electron chi connectivity index (χ2n) is 5.60. The van der Waals surface area contributed by atoms with Crippen molar-refractivity contribution < 1.29 is 9.72 Å². The molecular weight excluding hydrogens is 318 g/mol. The molecule has 0 aromatic heterocycles. The fraction of sp³-hybridized carbons (Fsp3) is 0.263. The minimum atomic E-state index is -0.587. The van der Waals surface area contributed by atoms with Gasteiger partial charge >= 0.3 is 0 Å². The molecule has 0 saturated carbocycles. The van der Waals surface area contributed by atoms with Crippen molar-refractivity contribution >= 4 is 17.3 Å². The Morgan fingerprint density at radius 2 is 1.76 bits per heavy atom. The molecule has 2 aromatic carbocycles. The first kappa shape index (κ1) is 18.3. The Labute approximate surface area is 146 Å². The van der Waals surface area contributed by atoms with Gasteiger partial charge in [0.25, 0.3) is 11.6 Å². The van der Waals surface area contributed by atoms with E-state index in [9.17, 15) is 14.9 Å². The molecule has 0 spiro atoms. The summed E-state index contributed by atoms with van der Waals surface area (Å²) in [7, 11) is 0. The first-order valence-electron chi connectivity index (χ1n) is 8.29. The van der Waals surface area contributed by atoms with Gasteiger partial charge in [-0.15, -0.1) is 0 Å². The minimum Gasteiger partial charge on any atom is -0.267 e. The normalized spacial score (nSPS) is 11.2. The van der Waals surface area contributed by atoms with E-state index in [1.807, 2.05) is 30.3 Å². The van der Waals surface area contributed by atoms with Crippen molar-refractivity contribution in [2.45, 2.75) is 32.6 Å². The Morgan fingerprint density at radius 1 is 1.08 bits per heavy atom. The summed E-state index contributed by atoms with van der Waals surface area (Å²) in [5.41, 5.74) is 3.92. The van der Waals surface area contributed by atoms with E-state index in [2.05, 4.69) is 17.5 Å². The van der Waals surface area contributed by atoms with Crippen molar-refractivity contribution in [1.82, 2.24) is 5.43 Å². The molecule has 6 heteroatoms. The molecule has 0 saturated heterocycles. The second kappa shape index (κ2) is 9.32. The Morgan fingerprint density at radius 3 is 2.44 bits per heavy atom. The third kappa shape index (κ3) is 5.24. The molecule has 0 bridgehead atoms. The smallest absolute Gasteiger partial charge is 0.267 e. The molecule has 0 heterocycles. The SMILES string of the molecule is CCCCC/C(=N/NC(=O)c1ccccc1[N+](=O)[O-])c1ccccc1. The number of nitro groups is 1. The van der Waals surface area contributed by atoms with Gasteiger partial charge in [0.2, 0.25) is 0 Å². The summed E-state index contributed by atoms with van der Waals surface area (Å²) >= 11 is 0. The zero-order valence-corrected chi connectivity index (χ0v) is 14.1. The van der Waals surface area contributed by atoms with E-state index in [4.69, 9.17) is 0 Å². The van der Waals surface area contributed by atoms with Gasteiger partial charge in [-0.05, 0) is 24.5 Å². The lowest BCUT2D eigenvalue weighted by Gasteiger charge is -2.08. The van der Waals surface area contributed by atoms with Gasteiger partial charge in [-0.3, -0.25) is 14.9 Å². The lowest BCUT2D eigenvalue weighted by Crippen LogP contribution is -2.21. The maximum absolute atomic E-state index is 12.3. The summed E-state index contributed by atoms with van der Waals surface area (Å²) in [6.07, 6.45) is 3.86. The van der Waals surface area contributed by atoms with Crippen LogP contribution in [-0.4, -0.2) is 16.5 Å². The van der Waals surface area contributed by atoms with Crippen LogP contribution < -0.4 is 5.43 Å². The van der Waals surface area contributed by atoms with E-state index in [-0.39, 0.29) is 11.3 Å². The number of amides is 1. The molecule has 0 aliphatic heterocycles. The first-order valence-corrected chi connectivity index (χ1v) is 8.29. The quantitative estimate of drug-likeness (QED) is 0.336. The number of nitro benzene ring substituents is 1. The average molecular weight is 339 g/mol. The van der Waals surface area contributed by atoms with Gasteiger partial charge in [0, 0.05) is 6.07 Å². The van der Waals surface area contributed by atoms with Crippen molar-refractivity contribution in [2.24, 2.45) is 5.10 Å². The minimum absolute atomic E-state index is 0.00257. The zero-order chi connectivity index (χ0) is 18.1. The van der Waals surface area contributed by atoms with Gasteiger partial charge in [0.1, 0.15) is 5.56 Å². The summed E-state index contributed by atoms with van der Waals surface area (Å²) < 4.78 is 0. The first-order chi connectivity index (χ1) is 12.1. The molecule has 6 nitrogen and oxygen atoms in total. The van der Waals surface area contributed by atoms with Gasteiger partial charge in [-0.2, -0.15) is 5.10 Å². The maximum atomic E-state index is 12.3. The second-order valence-corrected chi connectivity index (χ2v) is 5.60. The van der Waals surface area contributed by atoms with E-state index >= 15 is 0 Å². The number of para-hydroxylation sites is 1. The van der Waals surface area contributed by atoms with E-state index in [1.165, 1.54) is 18.2 Å². The van der Waals surface area contributed by atoms with Gasteiger partial charge < -0.3 is 0 Å². The van der Waals surface area contributed by atoms with Crippen molar-refractivity contribution in [3.05, 3.63) is 75.8 Å². The monoisotopic (exact) mass is 339 g/mol. The van der Waals surface area contributed by atoms with Crippen molar-refractivity contribution in [3.8, 4) is 0 Å². The molecular formula is C19H21N3O3. The molecule has 0 fully saturated rings. The number of rotatable bonds is 8. The number of benzene rings is 2. The number of carbonyl (C=O) groups is 1. The summed E-state index contributed by atoms with van der Waals surface area (Å²) in [4.78, 5) is 22.8. The zero-order valence-electron chi connectivity index (χ0n) is 14.1. The molecule has 130 valence electrons. The Bertz CT molecular complexity index is 758. The Hall–Kier alpha value is -3.02. The number of unbranched alkanes of at least 4 members (excludes halogenated alkanes) is 2. The van der Waals surface area contributed by atoms with E-state index < -0.39 is 10.8 Å². The third-order valence-electron chi connectivity index (χ3n) is 3.76. The molecule has 0 aliphatic rings. The highest BCUT2D eigenvalue weighted by Crippen LogP contribution is 2.17. The van der Waals surface area contributed by atoms with Crippen molar-refractivity contribution in [3.63, 3.8) is 0 Å². The highest BCUT2D eigenvalue weighted by Gasteiger charge is 2.19. The summed E-state index contributed by atoms with van der Waals surface area (Å²) in [6.45, 7) is 2.12. The molecule has 25 heavy (non-hydrogen) atoms. The molecule has 0 aliphatic carbocycles. The molecule has 2 rings (SSSR count). The predicted octanol–water partition coefficient (Wildman–Crippen LogP) is 4.31. The fourth-order valence-corrected chi connectivity index (χ4v) is 2.44. The maximum Gasteiger partial charge on any atom is 0.282 e. The van der Waals surface area contributed by atoms with Crippen LogP contribution in [0.15, 0.2) is 59.7 Å². The average Bonchev–Trinajstić information content (AvgIpc) is 2.65. The molecule has 0 unspecified atom stereocenters. The number of hydrogen-bond donors (Lipinski definition) is 1. The molecule has 0 atom stereocenters. The van der Waals surface area contributed by atoms with Gasteiger partial charge in [0.15, 0.2) is 0 Å². The lowest BCUT2D eigenvalue weighted by atomic mass is 10.0.